The molecule has 2 aromatic heterocycles. The molecule has 2 amide bonds. The number of nitrogens with two attached hydrogens (primary N) is 1. The number of halogens is 2. The lowest BCUT2D eigenvalue weighted by Crippen LogP contribution is -2.41. The number of imide groups is 1. The van der Waals surface area contributed by atoms with Gasteiger partial charge in [0.05, 0.1) is 40.2 Å². The topological polar surface area (TPSA) is 123 Å². The Bertz CT molecular complexity index is 2030. The van der Waals surface area contributed by atoms with E-state index in [1.165, 1.54) is 41.2 Å². The van der Waals surface area contributed by atoms with Crippen molar-refractivity contribution in [1.82, 2.24) is 14.8 Å². The third kappa shape index (κ3) is 4.03. The zero-order valence-electron chi connectivity index (χ0n) is 23.9. The largest absolute Gasteiger partial charge is 0.454 e. The van der Waals surface area contributed by atoms with Crippen LogP contribution in [0.15, 0.2) is 66.9 Å². The number of carbonyl (C=O) groups excluding carboxylic acids is 3. The van der Waals surface area contributed by atoms with Crippen molar-refractivity contribution in [2.45, 2.75) is 33.1 Å². The van der Waals surface area contributed by atoms with Crippen molar-refractivity contribution in [1.29, 1.82) is 0 Å². The first-order chi connectivity index (χ1) is 21.1. The Balaban J connectivity index is 1.17. The molecule has 0 radical (unpaired) electrons. The number of ether oxygens (including phenoxy) is 1. The van der Waals surface area contributed by atoms with E-state index in [0.29, 0.717) is 40.7 Å². The summed E-state index contributed by atoms with van der Waals surface area (Å²) in [4.78, 5) is 43.8. The predicted octanol–water partition coefficient (Wildman–Crippen LogP) is 6.23. The molecule has 9 nitrogen and oxygen atoms in total. The maximum atomic E-state index is 15.3. The fourth-order valence-electron chi connectivity index (χ4n) is 6.26. The van der Waals surface area contributed by atoms with Crippen molar-refractivity contribution in [3.05, 3.63) is 95.3 Å². The molecular formula is C33H27F2N5O4. The number of fused-ring (bicyclic) bond motifs is 1. The van der Waals surface area contributed by atoms with Gasteiger partial charge in [-0.25, -0.2) is 18.4 Å². The number of aromatic amines is 1. The minimum absolute atomic E-state index is 0.0828. The van der Waals surface area contributed by atoms with E-state index in [2.05, 4.69) is 10.1 Å². The Labute approximate surface area is 250 Å². The molecule has 1 spiro atoms. The van der Waals surface area contributed by atoms with Crippen molar-refractivity contribution >= 4 is 40.0 Å². The van der Waals surface area contributed by atoms with Crippen LogP contribution in [0.25, 0.3) is 16.6 Å². The van der Waals surface area contributed by atoms with Crippen molar-refractivity contribution in [2.24, 2.45) is 11.3 Å². The van der Waals surface area contributed by atoms with Crippen LogP contribution in [0.5, 0.6) is 11.5 Å². The summed E-state index contributed by atoms with van der Waals surface area (Å²) in [7, 11) is 0. The Hall–Kier alpha value is -5.32. The molecule has 0 unspecified atom stereocenters. The molecule has 3 heterocycles. The number of rotatable bonds is 6. The summed E-state index contributed by atoms with van der Waals surface area (Å²) in [6.07, 6.45) is 3.43. The molecule has 1 aliphatic carbocycles. The van der Waals surface area contributed by atoms with Gasteiger partial charge in [-0.15, -0.1) is 0 Å². The summed E-state index contributed by atoms with van der Waals surface area (Å²) in [5.41, 5.74) is 7.44. The van der Waals surface area contributed by atoms with Crippen LogP contribution < -0.4 is 15.4 Å². The van der Waals surface area contributed by atoms with Gasteiger partial charge in [0, 0.05) is 10.9 Å². The highest BCUT2D eigenvalue weighted by Crippen LogP contribution is 2.54. The summed E-state index contributed by atoms with van der Waals surface area (Å²) in [5.74, 6) is -2.41. The van der Waals surface area contributed by atoms with E-state index in [9.17, 15) is 18.8 Å². The minimum Gasteiger partial charge on any atom is -0.454 e. The van der Waals surface area contributed by atoms with Crippen LogP contribution in [0.2, 0.25) is 0 Å². The normalized spacial score (nSPS) is 17.5. The molecule has 44 heavy (non-hydrogen) atoms. The first-order valence-corrected chi connectivity index (χ1v) is 14.2. The summed E-state index contributed by atoms with van der Waals surface area (Å²) in [5, 5.41) is 4.72. The van der Waals surface area contributed by atoms with Crippen LogP contribution in [0.4, 0.5) is 20.3 Å². The third-order valence-electron chi connectivity index (χ3n) is 8.98. The molecule has 3 aromatic carbocycles. The van der Waals surface area contributed by atoms with E-state index < -0.39 is 34.7 Å². The fourth-order valence-corrected chi connectivity index (χ4v) is 6.26. The van der Waals surface area contributed by atoms with Crippen molar-refractivity contribution in [2.75, 3.05) is 10.6 Å². The smallest absolute Gasteiger partial charge is 0.240 e. The lowest BCUT2D eigenvalue weighted by Gasteiger charge is -2.38. The number of hydrogen-bond donors (Lipinski definition) is 2. The summed E-state index contributed by atoms with van der Waals surface area (Å²) in [6, 6.07) is 15.2. The number of H-pyrrole nitrogens is 1. The number of nitrogens with one attached hydrogen (secondary N) is 1. The lowest BCUT2D eigenvalue weighted by molar-refractivity contribution is -0.132. The fraction of sp³-hybridized carbons (Fsp3) is 0.212. The highest BCUT2D eigenvalue weighted by atomic mass is 19.1. The maximum Gasteiger partial charge on any atom is 0.240 e. The number of aryl methyl sites for hydroxylation is 1. The van der Waals surface area contributed by atoms with E-state index in [1.54, 1.807) is 44.2 Å². The van der Waals surface area contributed by atoms with Gasteiger partial charge in [0.2, 0.25) is 17.6 Å². The van der Waals surface area contributed by atoms with E-state index in [-0.39, 0.29) is 34.4 Å². The first kappa shape index (κ1) is 27.5. The number of amides is 2. The Morgan fingerprint density at radius 2 is 1.82 bits per heavy atom. The maximum absolute atomic E-state index is 15.3. The molecule has 2 fully saturated rings. The second-order valence-corrected chi connectivity index (χ2v) is 11.4. The quantitative estimate of drug-likeness (QED) is 0.177. The summed E-state index contributed by atoms with van der Waals surface area (Å²) >= 11 is 0. The zero-order chi connectivity index (χ0) is 30.9. The summed E-state index contributed by atoms with van der Waals surface area (Å²) < 4.78 is 36.4. The van der Waals surface area contributed by atoms with Gasteiger partial charge in [-0.05, 0) is 73.9 Å². The molecule has 222 valence electrons. The Kier molecular flexibility index (Phi) is 6.17. The average Bonchev–Trinajstić information content (AvgIpc) is 3.61. The van der Waals surface area contributed by atoms with Gasteiger partial charge in [0.15, 0.2) is 11.6 Å². The van der Waals surface area contributed by atoms with Crippen LogP contribution >= 0.6 is 0 Å². The number of carbonyl (C=O) groups is 3. The van der Waals surface area contributed by atoms with Gasteiger partial charge in [-0.1, -0.05) is 25.5 Å². The lowest BCUT2D eigenvalue weighted by atomic mass is 9.63. The number of para-hydroxylation sites is 1. The van der Waals surface area contributed by atoms with Crippen LogP contribution in [-0.2, 0) is 9.59 Å². The average molecular weight is 596 g/mol. The molecule has 3 N–H and O–H groups in total. The van der Waals surface area contributed by atoms with Crippen molar-refractivity contribution in [3.63, 3.8) is 0 Å². The molecule has 5 aromatic rings. The van der Waals surface area contributed by atoms with Crippen molar-refractivity contribution < 1.29 is 27.9 Å². The van der Waals surface area contributed by atoms with Gasteiger partial charge in [0.1, 0.15) is 17.4 Å². The second-order valence-electron chi connectivity index (χ2n) is 11.4. The van der Waals surface area contributed by atoms with Gasteiger partial charge in [-0.3, -0.25) is 14.4 Å². The van der Waals surface area contributed by atoms with Crippen LogP contribution in [0, 0.1) is 29.9 Å². The van der Waals surface area contributed by atoms with Gasteiger partial charge in [-0.2, -0.15) is 5.10 Å². The number of hydrogen-bond acceptors (Lipinski definition) is 6. The second kappa shape index (κ2) is 9.87. The molecule has 0 bridgehead atoms. The minimum atomic E-state index is -0.751. The third-order valence-corrected chi connectivity index (χ3v) is 8.98. The molecule has 7 rings (SSSR count). The highest BCUT2D eigenvalue weighted by molar-refractivity contribution is 6.24. The van der Waals surface area contributed by atoms with Gasteiger partial charge < -0.3 is 15.5 Å². The molecule has 1 atom stereocenters. The molecule has 1 saturated heterocycles. The van der Waals surface area contributed by atoms with Crippen LogP contribution in [0.3, 0.4) is 0 Å². The SMILES string of the molecule is Cc1cc(Oc2ccccc2F)ccc1-n1ncc(C(=O)c2cc3cc(F)c(N4C(=O)[C@@H](C)C5(CCC5)C4=O)cc3[nH]2)c1N. The zero-order valence-corrected chi connectivity index (χ0v) is 23.9. The number of nitrogens with zero attached hydrogens (tertiary/aromatic N) is 3. The van der Waals surface area contributed by atoms with Gasteiger partial charge in [0.25, 0.3) is 0 Å². The number of nitrogen functional groups attached to an aromatic ring is 1. The van der Waals surface area contributed by atoms with E-state index >= 15 is 4.39 Å². The highest BCUT2D eigenvalue weighted by Gasteiger charge is 2.60. The number of benzene rings is 3. The molecule has 11 heteroatoms. The van der Waals surface area contributed by atoms with Crippen molar-refractivity contribution in [3.8, 4) is 17.2 Å². The van der Waals surface area contributed by atoms with Crippen LogP contribution in [0.1, 0.15) is 47.8 Å². The number of anilines is 2. The Morgan fingerprint density at radius 3 is 2.50 bits per heavy atom. The van der Waals surface area contributed by atoms with E-state index in [0.717, 1.165) is 11.3 Å². The molecular weight excluding hydrogens is 568 g/mol. The van der Waals surface area contributed by atoms with E-state index in [4.69, 9.17) is 10.5 Å². The molecule has 1 saturated carbocycles. The monoisotopic (exact) mass is 595 g/mol. The van der Waals surface area contributed by atoms with Gasteiger partial charge >= 0.3 is 0 Å². The molecule has 1 aliphatic heterocycles. The summed E-state index contributed by atoms with van der Waals surface area (Å²) in [6.45, 7) is 3.53. The first-order valence-electron chi connectivity index (χ1n) is 14.2. The predicted molar refractivity (Wildman–Crippen MR) is 159 cm³/mol. The standard InChI is InChI=1S/C33H27F2N5O4/c1-17-12-20(44-28-7-4-3-6-22(28)34)8-9-26(17)40-30(36)21(16-37-40)29(41)25-14-19-13-23(35)27(15-24(19)38-25)39-31(42)18(2)33(32(39)43)10-5-11-33/h3-4,6-9,12-16,18,38H,5,10-11,36H2,1-2H3/t18-/m1/s1. The molecule has 2 aliphatic rings. The number of aromatic nitrogens is 3. The Morgan fingerprint density at radius 1 is 1.05 bits per heavy atom. The number of ketones is 1. The van der Waals surface area contributed by atoms with Crippen LogP contribution in [-0.4, -0.2) is 32.4 Å². The van der Waals surface area contributed by atoms with E-state index in [1.807, 2.05) is 0 Å².